The Bertz CT molecular complexity index is 1310. The van der Waals surface area contributed by atoms with Gasteiger partial charge in [0.1, 0.15) is 5.75 Å². The molecular formula is C29H25BrN2O3. The summed E-state index contributed by atoms with van der Waals surface area (Å²) >= 11 is 3.45. The van der Waals surface area contributed by atoms with Crippen LogP contribution >= 0.6 is 15.9 Å². The van der Waals surface area contributed by atoms with Crippen molar-refractivity contribution in [2.45, 2.75) is 13.5 Å². The highest BCUT2D eigenvalue weighted by atomic mass is 79.9. The van der Waals surface area contributed by atoms with Crippen LogP contribution in [0.15, 0.2) is 108 Å². The number of carbonyl (C=O) groups excluding carboxylic acids is 2. The number of para-hydroxylation sites is 3. The van der Waals surface area contributed by atoms with Crippen LogP contribution in [0, 0.1) is 6.92 Å². The monoisotopic (exact) mass is 528 g/mol. The van der Waals surface area contributed by atoms with Crippen molar-refractivity contribution < 1.29 is 14.3 Å². The number of nitrogens with zero attached hydrogens (tertiary/aromatic N) is 1. The minimum atomic E-state index is -0.291. The molecule has 35 heavy (non-hydrogen) atoms. The molecule has 0 saturated carbocycles. The SMILES string of the molecule is Cc1ccccc1OCC(=O)N(Cc1ccc(Br)cc1)c1ccccc1C(=O)Nc1ccccc1. The molecule has 4 rings (SSSR count). The van der Waals surface area contributed by atoms with Crippen LogP contribution in [0.4, 0.5) is 11.4 Å². The van der Waals surface area contributed by atoms with Crippen molar-refractivity contribution >= 4 is 39.1 Å². The molecule has 0 aliphatic rings. The first-order valence-corrected chi connectivity index (χ1v) is 12.0. The standard InChI is InChI=1S/C29H25BrN2O3/c1-21-9-5-8-14-27(21)35-20-28(33)32(19-22-15-17-23(30)18-16-22)26-13-7-6-12-25(26)29(34)31-24-10-3-2-4-11-24/h2-18H,19-20H2,1H3,(H,31,34). The quantitative estimate of drug-likeness (QED) is 0.279. The lowest BCUT2D eigenvalue weighted by Gasteiger charge is -2.25. The highest BCUT2D eigenvalue weighted by Gasteiger charge is 2.23. The Labute approximate surface area is 213 Å². The van der Waals surface area contributed by atoms with Crippen LogP contribution in [-0.2, 0) is 11.3 Å². The Morgan fingerprint density at radius 3 is 2.23 bits per heavy atom. The van der Waals surface area contributed by atoms with E-state index in [1.54, 1.807) is 23.1 Å². The number of amides is 2. The van der Waals surface area contributed by atoms with Gasteiger partial charge < -0.3 is 15.0 Å². The molecule has 0 radical (unpaired) electrons. The molecule has 0 aliphatic heterocycles. The Morgan fingerprint density at radius 1 is 0.829 bits per heavy atom. The van der Waals surface area contributed by atoms with Gasteiger partial charge in [0.05, 0.1) is 17.8 Å². The first kappa shape index (κ1) is 24.2. The fraction of sp³-hybridized carbons (Fsp3) is 0.103. The van der Waals surface area contributed by atoms with E-state index in [-0.39, 0.29) is 18.4 Å². The Kier molecular flexibility index (Phi) is 7.95. The summed E-state index contributed by atoms with van der Waals surface area (Å²) in [6.07, 6.45) is 0. The van der Waals surface area contributed by atoms with Crippen molar-refractivity contribution in [3.63, 3.8) is 0 Å². The molecule has 0 aromatic heterocycles. The van der Waals surface area contributed by atoms with E-state index in [0.29, 0.717) is 29.2 Å². The van der Waals surface area contributed by atoms with Crippen LogP contribution in [0.1, 0.15) is 21.5 Å². The zero-order chi connectivity index (χ0) is 24.6. The average Bonchev–Trinajstić information content (AvgIpc) is 2.88. The van der Waals surface area contributed by atoms with Gasteiger partial charge in [-0.1, -0.05) is 76.6 Å². The smallest absolute Gasteiger partial charge is 0.265 e. The molecule has 6 heteroatoms. The molecular weight excluding hydrogens is 504 g/mol. The van der Waals surface area contributed by atoms with E-state index in [4.69, 9.17) is 4.74 Å². The second-order valence-electron chi connectivity index (χ2n) is 8.00. The molecule has 4 aromatic carbocycles. The van der Waals surface area contributed by atoms with Crippen molar-refractivity contribution in [1.82, 2.24) is 0 Å². The molecule has 2 amide bonds. The molecule has 4 aromatic rings. The van der Waals surface area contributed by atoms with Gasteiger partial charge in [0.25, 0.3) is 11.8 Å². The zero-order valence-corrected chi connectivity index (χ0v) is 20.9. The summed E-state index contributed by atoms with van der Waals surface area (Å²) in [5, 5.41) is 2.91. The molecule has 5 nitrogen and oxygen atoms in total. The van der Waals surface area contributed by atoms with Crippen LogP contribution in [0.3, 0.4) is 0 Å². The lowest BCUT2D eigenvalue weighted by atomic mass is 10.1. The maximum atomic E-state index is 13.5. The molecule has 0 heterocycles. The number of aryl methyl sites for hydroxylation is 1. The third-order valence-electron chi connectivity index (χ3n) is 5.47. The second kappa shape index (κ2) is 11.5. The lowest BCUT2D eigenvalue weighted by molar-refractivity contribution is -0.120. The second-order valence-corrected chi connectivity index (χ2v) is 8.91. The number of hydrogen-bond donors (Lipinski definition) is 1. The van der Waals surface area contributed by atoms with E-state index >= 15 is 0 Å². The fourth-order valence-corrected chi connectivity index (χ4v) is 3.90. The van der Waals surface area contributed by atoms with Crippen LogP contribution in [0.2, 0.25) is 0 Å². The first-order chi connectivity index (χ1) is 17.0. The van der Waals surface area contributed by atoms with Gasteiger partial charge >= 0.3 is 0 Å². The number of halogens is 1. The van der Waals surface area contributed by atoms with Gasteiger partial charge in [-0.3, -0.25) is 9.59 Å². The van der Waals surface area contributed by atoms with E-state index in [0.717, 1.165) is 15.6 Å². The summed E-state index contributed by atoms with van der Waals surface area (Å²) < 4.78 is 6.80. The van der Waals surface area contributed by atoms with Crippen molar-refractivity contribution in [1.29, 1.82) is 0 Å². The Hall–Kier alpha value is -3.90. The van der Waals surface area contributed by atoms with Gasteiger partial charge in [0.15, 0.2) is 6.61 Å². The number of ether oxygens (including phenoxy) is 1. The van der Waals surface area contributed by atoms with Gasteiger partial charge in [-0.05, 0) is 60.5 Å². The van der Waals surface area contributed by atoms with Crippen molar-refractivity contribution in [3.05, 3.63) is 124 Å². The third kappa shape index (κ3) is 6.37. The predicted molar refractivity (Wildman–Crippen MR) is 143 cm³/mol. The summed E-state index contributed by atoms with van der Waals surface area (Å²) in [6.45, 7) is 2.07. The molecule has 0 unspecified atom stereocenters. The molecule has 0 spiro atoms. The highest BCUT2D eigenvalue weighted by molar-refractivity contribution is 9.10. The molecule has 0 bridgehead atoms. The molecule has 0 atom stereocenters. The summed E-state index contributed by atoms with van der Waals surface area (Å²) in [7, 11) is 0. The maximum Gasteiger partial charge on any atom is 0.265 e. The van der Waals surface area contributed by atoms with Gasteiger partial charge in [0.2, 0.25) is 0 Å². The molecule has 0 saturated heterocycles. The molecule has 0 fully saturated rings. The number of rotatable bonds is 8. The van der Waals surface area contributed by atoms with Crippen molar-refractivity contribution in [2.24, 2.45) is 0 Å². The Morgan fingerprint density at radius 2 is 1.49 bits per heavy atom. The highest BCUT2D eigenvalue weighted by Crippen LogP contribution is 2.25. The van der Waals surface area contributed by atoms with E-state index in [9.17, 15) is 9.59 Å². The van der Waals surface area contributed by atoms with Gasteiger partial charge in [-0.25, -0.2) is 0 Å². The number of benzene rings is 4. The minimum absolute atomic E-state index is 0.157. The van der Waals surface area contributed by atoms with E-state index < -0.39 is 0 Å². The number of carbonyl (C=O) groups is 2. The van der Waals surface area contributed by atoms with Gasteiger partial charge in [-0.2, -0.15) is 0 Å². The van der Waals surface area contributed by atoms with Gasteiger partial charge in [-0.15, -0.1) is 0 Å². The zero-order valence-electron chi connectivity index (χ0n) is 19.3. The summed E-state index contributed by atoms with van der Waals surface area (Å²) in [4.78, 5) is 28.3. The maximum absolute atomic E-state index is 13.5. The van der Waals surface area contributed by atoms with Crippen LogP contribution in [0.5, 0.6) is 5.75 Å². The normalized spacial score (nSPS) is 10.5. The third-order valence-corrected chi connectivity index (χ3v) is 6.00. The molecule has 176 valence electrons. The van der Waals surface area contributed by atoms with E-state index in [2.05, 4.69) is 21.2 Å². The van der Waals surface area contributed by atoms with E-state index in [1.807, 2.05) is 91.9 Å². The largest absolute Gasteiger partial charge is 0.483 e. The van der Waals surface area contributed by atoms with Crippen LogP contribution in [0.25, 0.3) is 0 Å². The summed E-state index contributed by atoms with van der Waals surface area (Å²) in [5.74, 6) is 0.107. The van der Waals surface area contributed by atoms with Crippen LogP contribution in [-0.4, -0.2) is 18.4 Å². The molecule has 1 N–H and O–H groups in total. The summed E-state index contributed by atoms with van der Waals surface area (Å²) in [5.41, 5.74) is 3.47. The summed E-state index contributed by atoms with van der Waals surface area (Å²) in [6, 6.07) is 31.6. The van der Waals surface area contributed by atoms with E-state index in [1.165, 1.54) is 0 Å². The Balaban J connectivity index is 1.64. The fourth-order valence-electron chi connectivity index (χ4n) is 3.64. The number of nitrogens with one attached hydrogen (secondary N) is 1. The number of anilines is 2. The van der Waals surface area contributed by atoms with Gasteiger partial charge in [0, 0.05) is 10.2 Å². The first-order valence-electron chi connectivity index (χ1n) is 11.2. The predicted octanol–water partition coefficient (Wildman–Crippen LogP) is 6.62. The lowest BCUT2D eigenvalue weighted by Crippen LogP contribution is -2.36. The van der Waals surface area contributed by atoms with Crippen molar-refractivity contribution in [2.75, 3.05) is 16.8 Å². The number of hydrogen-bond acceptors (Lipinski definition) is 3. The minimum Gasteiger partial charge on any atom is -0.483 e. The van der Waals surface area contributed by atoms with Crippen LogP contribution < -0.4 is 15.0 Å². The average molecular weight is 529 g/mol. The molecule has 0 aliphatic carbocycles. The topological polar surface area (TPSA) is 58.6 Å². The van der Waals surface area contributed by atoms with Crippen molar-refractivity contribution in [3.8, 4) is 5.75 Å².